The van der Waals surface area contributed by atoms with Crippen LogP contribution in [0.5, 0.6) is 11.5 Å². The van der Waals surface area contributed by atoms with E-state index in [-0.39, 0.29) is 29.9 Å². The molecule has 1 fully saturated rings. The van der Waals surface area contributed by atoms with E-state index in [0.29, 0.717) is 37.4 Å². The van der Waals surface area contributed by atoms with Crippen LogP contribution in [0, 0.1) is 0 Å². The molecule has 39 heavy (non-hydrogen) atoms. The number of benzene rings is 1. The van der Waals surface area contributed by atoms with Gasteiger partial charge in [0.1, 0.15) is 12.2 Å². The normalized spacial score (nSPS) is 17.3. The van der Waals surface area contributed by atoms with Gasteiger partial charge in [-0.3, -0.25) is 9.59 Å². The van der Waals surface area contributed by atoms with Crippen molar-refractivity contribution in [2.45, 2.75) is 116 Å². The van der Waals surface area contributed by atoms with Crippen LogP contribution in [0.2, 0.25) is 0 Å². The molecule has 0 spiro atoms. The van der Waals surface area contributed by atoms with Crippen molar-refractivity contribution in [3.63, 3.8) is 0 Å². The van der Waals surface area contributed by atoms with Gasteiger partial charge in [-0.2, -0.15) is 0 Å². The standard InChI is InChI=1S/C31H46N2O6/c1-4-5-7-12-26(37-21(2)34)19-27(38-22(3)35)14-13-23-17-30(39-25-10-8-6-9-11-25)29(36)20-28(23)24-15-16-33-31(32)18-24/h15,17-18,20,25-27,33,36H,4-14,16,19,32H2,1-3H3/t26-,27+/m0/s1. The molecule has 216 valence electrons. The van der Waals surface area contributed by atoms with E-state index >= 15 is 0 Å². The molecule has 8 nitrogen and oxygen atoms in total. The highest BCUT2D eigenvalue weighted by Gasteiger charge is 2.24. The zero-order chi connectivity index (χ0) is 28.2. The van der Waals surface area contributed by atoms with Crippen LogP contribution in [0.15, 0.2) is 30.1 Å². The minimum absolute atomic E-state index is 0.0957. The summed E-state index contributed by atoms with van der Waals surface area (Å²) >= 11 is 0. The Labute approximate surface area is 233 Å². The fourth-order valence-electron chi connectivity index (χ4n) is 5.44. The molecule has 3 rings (SSSR count). The third kappa shape index (κ3) is 10.2. The summed E-state index contributed by atoms with van der Waals surface area (Å²) in [5.41, 5.74) is 8.81. The summed E-state index contributed by atoms with van der Waals surface area (Å²) in [5, 5.41) is 14.0. The number of nitrogens with one attached hydrogen (secondary N) is 1. The van der Waals surface area contributed by atoms with Gasteiger partial charge in [0.2, 0.25) is 0 Å². The molecule has 1 heterocycles. The highest BCUT2D eigenvalue weighted by Crippen LogP contribution is 2.37. The van der Waals surface area contributed by atoms with Gasteiger partial charge in [-0.15, -0.1) is 0 Å². The van der Waals surface area contributed by atoms with E-state index in [4.69, 9.17) is 19.9 Å². The summed E-state index contributed by atoms with van der Waals surface area (Å²) in [6.45, 7) is 5.54. The van der Waals surface area contributed by atoms with E-state index in [1.165, 1.54) is 20.3 Å². The number of aryl methyl sites for hydroxylation is 1. The number of rotatable bonds is 14. The predicted octanol–water partition coefficient (Wildman–Crippen LogP) is 5.66. The van der Waals surface area contributed by atoms with Gasteiger partial charge in [0.05, 0.1) is 11.9 Å². The van der Waals surface area contributed by atoms with Crippen molar-refractivity contribution in [2.75, 3.05) is 6.54 Å². The molecule has 2 atom stereocenters. The first-order valence-electron chi connectivity index (χ1n) is 14.5. The number of ether oxygens (including phenoxy) is 3. The molecule has 0 saturated heterocycles. The van der Waals surface area contributed by atoms with Crippen LogP contribution in [-0.4, -0.2) is 41.9 Å². The smallest absolute Gasteiger partial charge is 0.302 e. The van der Waals surface area contributed by atoms with Crippen LogP contribution in [0.4, 0.5) is 0 Å². The largest absolute Gasteiger partial charge is 0.504 e. The maximum atomic E-state index is 12.0. The summed E-state index contributed by atoms with van der Waals surface area (Å²) in [5.74, 6) is 0.459. The van der Waals surface area contributed by atoms with E-state index in [0.717, 1.165) is 68.1 Å². The Balaban J connectivity index is 1.84. The Hall–Kier alpha value is -3.16. The average Bonchev–Trinajstić information content (AvgIpc) is 2.88. The molecular formula is C31H46N2O6. The number of unbranched alkanes of at least 4 members (excludes halogenated alkanes) is 2. The van der Waals surface area contributed by atoms with Crippen LogP contribution >= 0.6 is 0 Å². The number of dihydropyridines is 1. The van der Waals surface area contributed by atoms with Crippen LogP contribution in [0.1, 0.15) is 103 Å². The van der Waals surface area contributed by atoms with E-state index in [2.05, 4.69) is 12.2 Å². The lowest BCUT2D eigenvalue weighted by molar-refractivity contribution is -0.153. The number of carbonyl (C=O) groups excluding carboxylic acids is 2. The fraction of sp³-hybridized carbons (Fsp3) is 0.613. The van der Waals surface area contributed by atoms with Crippen molar-refractivity contribution in [1.29, 1.82) is 0 Å². The first-order chi connectivity index (χ1) is 18.7. The number of allylic oxidation sites excluding steroid dienone is 2. The molecule has 8 heteroatoms. The lowest BCUT2D eigenvalue weighted by Gasteiger charge is -2.26. The number of carbonyl (C=O) groups is 2. The Morgan fingerprint density at radius 2 is 1.74 bits per heavy atom. The summed E-state index contributed by atoms with van der Waals surface area (Å²) in [4.78, 5) is 23.7. The van der Waals surface area contributed by atoms with Crippen molar-refractivity contribution in [3.05, 3.63) is 41.2 Å². The van der Waals surface area contributed by atoms with Gasteiger partial charge in [-0.1, -0.05) is 32.3 Å². The molecule has 1 aliphatic heterocycles. The molecule has 0 bridgehead atoms. The van der Waals surface area contributed by atoms with Gasteiger partial charge in [0.25, 0.3) is 0 Å². The van der Waals surface area contributed by atoms with Crippen molar-refractivity contribution in [3.8, 4) is 11.5 Å². The van der Waals surface area contributed by atoms with Gasteiger partial charge in [-0.25, -0.2) is 0 Å². The number of aromatic hydroxyl groups is 1. The van der Waals surface area contributed by atoms with Crippen molar-refractivity contribution in [2.24, 2.45) is 5.73 Å². The second kappa shape index (κ2) is 15.4. The van der Waals surface area contributed by atoms with Crippen molar-refractivity contribution < 1.29 is 28.9 Å². The topological polar surface area (TPSA) is 120 Å². The summed E-state index contributed by atoms with van der Waals surface area (Å²) < 4.78 is 17.6. The molecule has 0 aromatic heterocycles. The minimum Gasteiger partial charge on any atom is -0.504 e. The monoisotopic (exact) mass is 542 g/mol. The maximum Gasteiger partial charge on any atom is 0.302 e. The molecule has 0 unspecified atom stereocenters. The van der Waals surface area contributed by atoms with Crippen LogP contribution in [-0.2, 0) is 25.5 Å². The van der Waals surface area contributed by atoms with Crippen LogP contribution in [0.25, 0.3) is 5.57 Å². The molecule has 2 aliphatic rings. The lowest BCUT2D eigenvalue weighted by atomic mass is 9.92. The second-order valence-electron chi connectivity index (χ2n) is 10.7. The number of hydrogen-bond acceptors (Lipinski definition) is 8. The number of esters is 2. The summed E-state index contributed by atoms with van der Waals surface area (Å²) in [7, 11) is 0. The molecule has 0 amide bonds. The molecule has 4 N–H and O–H groups in total. The molecule has 0 radical (unpaired) electrons. The Kier molecular flexibility index (Phi) is 12.0. The van der Waals surface area contributed by atoms with Crippen LogP contribution in [0.3, 0.4) is 0 Å². The van der Waals surface area contributed by atoms with Gasteiger partial charge in [0.15, 0.2) is 11.5 Å². The highest BCUT2D eigenvalue weighted by atomic mass is 16.6. The van der Waals surface area contributed by atoms with Crippen molar-refractivity contribution >= 4 is 17.5 Å². The fourth-order valence-corrected chi connectivity index (χ4v) is 5.44. The van der Waals surface area contributed by atoms with E-state index < -0.39 is 6.10 Å². The zero-order valence-electron chi connectivity index (χ0n) is 23.8. The van der Waals surface area contributed by atoms with Gasteiger partial charge in [0, 0.05) is 26.8 Å². The second-order valence-corrected chi connectivity index (χ2v) is 10.7. The van der Waals surface area contributed by atoms with Crippen LogP contribution < -0.4 is 15.8 Å². The molecule has 1 saturated carbocycles. The van der Waals surface area contributed by atoms with E-state index in [1.54, 1.807) is 6.07 Å². The first kappa shape index (κ1) is 30.4. The first-order valence-corrected chi connectivity index (χ1v) is 14.5. The molecule has 1 aromatic rings. The number of phenolic OH excluding ortho intramolecular Hbond substituents is 1. The third-order valence-electron chi connectivity index (χ3n) is 7.34. The Morgan fingerprint density at radius 3 is 2.38 bits per heavy atom. The highest BCUT2D eigenvalue weighted by molar-refractivity contribution is 5.79. The van der Waals surface area contributed by atoms with Gasteiger partial charge >= 0.3 is 11.9 Å². The quantitative estimate of drug-likeness (QED) is 0.204. The SMILES string of the molecule is CCCCC[C@@H](C[C@@H](CCc1cc(OC2CCCCC2)c(O)cc1C1=CCNC(N)=C1)OC(C)=O)OC(C)=O. The summed E-state index contributed by atoms with van der Waals surface area (Å²) in [6.07, 6.45) is 14.1. The lowest BCUT2D eigenvalue weighted by Crippen LogP contribution is -2.27. The van der Waals surface area contributed by atoms with Crippen molar-refractivity contribution in [1.82, 2.24) is 5.32 Å². The predicted molar refractivity (Wildman–Crippen MR) is 152 cm³/mol. The minimum atomic E-state index is -0.416. The number of hydrogen-bond donors (Lipinski definition) is 3. The number of phenols is 1. The molecular weight excluding hydrogens is 496 g/mol. The van der Waals surface area contributed by atoms with E-state index in [9.17, 15) is 14.7 Å². The summed E-state index contributed by atoms with van der Waals surface area (Å²) in [6, 6.07) is 3.67. The number of nitrogens with two attached hydrogens (primary N) is 1. The van der Waals surface area contributed by atoms with E-state index in [1.807, 2.05) is 18.2 Å². The van der Waals surface area contributed by atoms with Gasteiger partial charge in [-0.05, 0) is 86.3 Å². The molecule has 1 aromatic carbocycles. The van der Waals surface area contributed by atoms with Gasteiger partial charge < -0.3 is 30.4 Å². The zero-order valence-corrected chi connectivity index (χ0v) is 23.8. The Bertz CT molecular complexity index is 1030. The third-order valence-corrected chi connectivity index (χ3v) is 7.34. The maximum absolute atomic E-state index is 12.0. The molecule has 1 aliphatic carbocycles. The average molecular weight is 543 g/mol. The Morgan fingerprint density at radius 1 is 1.05 bits per heavy atom.